The van der Waals surface area contributed by atoms with E-state index >= 15 is 0 Å². The maximum Gasteiger partial charge on any atom is 0.328 e. The Morgan fingerprint density at radius 2 is 1.95 bits per heavy atom. The molecule has 1 heterocycles. The van der Waals surface area contributed by atoms with Crippen molar-refractivity contribution in [3.05, 3.63) is 53.8 Å². The minimum Gasteiger partial charge on any atom is -0.264 e. The van der Waals surface area contributed by atoms with Gasteiger partial charge in [-0.2, -0.15) is 8.42 Å². The number of benzene rings is 2. The summed E-state index contributed by atoms with van der Waals surface area (Å²) in [5.74, 6) is -0.478. The van der Waals surface area contributed by atoms with Gasteiger partial charge in [0.25, 0.3) is 0 Å². The third kappa shape index (κ3) is 1.94. The number of hydrogen-bond donors (Lipinski definition) is 1. The molecule has 0 fully saturated rings. The van der Waals surface area contributed by atoms with E-state index in [-0.39, 0.29) is 5.69 Å². The van der Waals surface area contributed by atoms with Gasteiger partial charge < -0.3 is 0 Å². The maximum absolute atomic E-state index is 13.3. The van der Waals surface area contributed by atoms with Crippen molar-refractivity contribution in [3.8, 4) is 0 Å². The fourth-order valence-electron chi connectivity index (χ4n) is 2.10. The third-order valence-corrected chi connectivity index (χ3v) is 4.26. The van der Waals surface area contributed by atoms with Crippen LogP contribution in [0.1, 0.15) is 5.56 Å². The van der Waals surface area contributed by atoms with Crippen LogP contribution in [0, 0.1) is 12.7 Å². The van der Waals surface area contributed by atoms with Crippen LogP contribution < -0.4 is 9.03 Å². The summed E-state index contributed by atoms with van der Waals surface area (Å²) in [6.07, 6.45) is 0. The second-order valence-electron chi connectivity index (χ2n) is 4.37. The number of aryl methyl sites for hydroxylation is 1. The molecule has 0 saturated carbocycles. The fourth-order valence-corrected chi connectivity index (χ4v) is 3.45. The van der Waals surface area contributed by atoms with Crippen molar-refractivity contribution in [3.63, 3.8) is 0 Å². The summed E-state index contributed by atoms with van der Waals surface area (Å²) in [5, 5.41) is 0. The minimum absolute atomic E-state index is 0.273. The molecule has 2 aromatic rings. The van der Waals surface area contributed by atoms with Gasteiger partial charge in [0, 0.05) is 0 Å². The first-order chi connectivity index (χ1) is 8.97. The van der Waals surface area contributed by atoms with Gasteiger partial charge in [-0.15, -0.1) is 0 Å². The lowest BCUT2D eigenvalue weighted by Crippen LogP contribution is -2.25. The van der Waals surface area contributed by atoms with Crippen molar-refractivity contribution in [1.29, 1.82) is 0 Å². The van der Waals surface area contributed by atoms with Crippen molar-refractivity contribution in [2.75, 3.05) is 9.03 Å². The van der Waals surface area contributed by atoms with Crippen LogP contribution in [0.15, 0.2) is 42.5 Å². The maximum atomic E-state index is 13.3. The molecule has 98 valence electrons. The highest BCUT2D eigenvalue weighted by atomic mass is 32.2. The highest BCUT2D eigenvalue weighted by Gasteiger charge is 2.33. The monoisotopic (exact) mass is 278 g/mol. The SMILES string of the molecule is Cc1ccc2c(c1)NS(=O)(=O)N2c1cccc(F)c1. The van der Waals surface area contributed by atoms with E-state index in [2.05, 4.69) is 4.72 Å². The van der Waals surface area contributed by atoms with Crippen LogP contribution in [0.25, 0.3) is 0 Å². The molecule has 0 aliphatic carbocycles. The van der Waals surface area contributed by atoms with E-state index in [0.717, 1.165) is 9.87 Å². The first-order valence-corrected chi connectivity index (χ1v) is 7.11. The van der Waals surface area contributed by atoms with Crippen LogP contribution in [0.4, 0.5) is 21.5 Å². The van der Waals surface area contributed by atoms with Crippen molar-refractivity contribution in [2.24, 2.45) is 0 Å². The highest BCUT2D eigenvalue weighted by molar-refractivity contribution is 7.95. The average Bonchev–Trinajstić information content (AvgIpc) is 2.58. The summed E-state index contributed by atoms with van der Waals surface area (Å²) in [6, 6.07) is 10.8. The van der Waals surface area contributed by atoms with Gasteiger partial charge in [-0.3, -0.25) is 4.72 Å². The molecule has 0 aromatic heterocycles. The quantitative estimate of drug-likeness (QED) is 0.872. The number of hydrogen-bond acceptors (Lipinski definition) is 2. The lowest BCUT2D eigenvalue weighted by atomic mass is 10.2. The summed E-state index contributed by atoms with van der Waals surface area (Å²) in [4.78, 5) is 0. The van der Waals surface area contributed by atoms with E-state index in [9.17, 15) is 12.8 Å². The zero-order chi connectivity index (χ0) is 13.6. The van der Waals surface area contributed by atoms with Crippen LogP contribution in [-0.2, 0) is 10.2 Å². The van der Waals surface area contributed by atoms with Crippen LogP contribution >= 0.6 is 0 Å². The number of anilines is 3. The van der Waals surface area contributed by atoms with Gasteiger partial charge >= 0.3 is 10.2 Å². The molecule has 0 radical (unpaired) electrons. The summed E-state index contributed by atoms with van der Waals surface area (Å²) < 4.78 is 41.1. The molecule has 0 amide bonds. The Balaban J connectivity index is 2.21. The number of nitrogens with zero attached hydrogens (tertiary/aromatic N) is 1. The highest BCUT2D eigenvalue weighted by Crippen LogP contribution is 2.41. The van der Waals surface area contributed by atoms with Crippen molar-refractivity contribution < 1.29 is 12.8 Å². The number of rotatable bonds is 1. The molecule has 0 spiro atoms. The number of halogens is 1. The van der Waals surface area contributed by atoms with Gasteiger partial charge in [0.1, 0.15) is 5.82 Å². The van der Waals surface area contributed by atoms with Gasteiger partial charge in [0.2, 0.25) is 0 Å². The molecule has 4 nitrogen and oxygen atoms in total. The topological polar surface area (TPSA) is 49.4 Å². The Morgan fingerprint density at radius 3 is 2.68 bits per heavy atom. The molecule has 19 heavy (non-hydrogen) atoms. The van der Waals surface area contributed by atoms with Crippen molar-refractivity contribution in [1.82, 2.24) is 0 Å². The van der Waals surface area contributed by atoms with Crippen molar-refractivity contribution >= 4 is 27.3 Å². The van der Waals surface area contributed by atoms with Gasteiger partial charge in [0.05, 0.1) is 17.1 Å². The van der Waals surface area contributed by atoms with E-state index in [1.807, 2.05) is 13.0 Å². The van der Waals surface area contributed by atoms with E-state index in [0.29, 0.717) is 11.4 Å². The predicted molar refractivity (Wildman–Crippen MR) is 72.3 cm³/mol. The summed E-state index contributed by atoms with van der Waals surface area (Å²) in [7, 11) is -3.72. The van der Waals surface area contributed by atoms with E-state index < -0.39 is 16.0 Å². The molecule has 0 saturated heterocycles. The molecule has 1 N–H and O–H groups in total. The number of fused-ring (bicyclic) bond motifs is 1. The molecule has 0 unspecified atom stereocenters. The van der Waals surface area contributed by atoms with Crippen LogP contribution in [-0.4, -0.2) is 8.42 Å². The molecule has 2 aromatic carbocycles. The zero-order valence-electron chi connectivity index (χ0n) is 10.1. The van der Waals surface area contributed by atoms with E-state index in [1.165, 1.54) is 18.2 Å². The standard InChI is InChI=1S/C13H11FN2O2S/c1-9-5-6-13-12(7-9)15-19(17,18)16(13)11-4-2-3-10(14)8-11/h2-8,15H,1H3. The first kappa shape index (κ1) is 12.0. The van der Waals surface area contributed by atoms with Gasteiger partial charge in [-0.25, -0.2) is 8.70 Å². The molecule has 0 bridgehead atoms. The van der Waals surface area contributed by atoms with Crippen LogP contribution in [0.2, 0.25) is 0 Å². The Kier molecular flexibility index (Phi) is 2.50. The molecule has 1 aliphatic heterocycles. The average molecular weight is 278 g/mol. The lowest BCUT2D eigenvalue weighted by Gasteiger charge is -2.16. The van der Waals surface area contributed by atoms with Crippen LogP contribution in [0.3, 0.4) is 0 Å². The van der Waals surface area contributed by atoms with E-state index in [4.69, 9.17) is 0 Å². The number of nitrogens with one attached hydrogen (secondary N) is 1. The molecular formula is C13H11FN2O2S. The Labute approximate surface area is 110 Å². The Bertz CT molecular complexity index is 759. The molecular weight excluding hydrogens is 267 g/mol. The zero-order valence-corrected chi connectivity index (χ0v) is 10.9. The third-order valence-electron chi connectivity index (χ3n) is 2.89. The summed E-state index contributed by atoms with van der Waals surface area (Å²) in [6.45, 7) is 1.87. The first-order valence-electron chi connectivity index (χ1n) is 5.67. The molecule has 3 rings (SSSR count). The molecule has 1 aliphatic rings. The predicted octanol–water partition coefficient (Wildman–Crippen LogP) is 2.94. The summed E-state index contributed by atoms with van der Waals surface area (Å²) in [5.41, 5.74) is 2.22. The van der Waals surface area contributed by atoms with Gasteiger partial charge in [-0.1, -0.05) is 12.1 Å². The smallest absolute Gasteiger partial charge is 0.264 e. The van der Waals surface area contributed by atoms with Crippen molar-refractivity contribution in [2.45, 2.75) is 6.92 Å². The normalized spacial score (nSPS) is 16.0. The largest absolute Gasteiger partial charge is 0.328 e. The Hall–Kier alpha value is -2.08. The second kappa shape index (κ2) is 3.96. The lowest BCUT2D eigenvalue weighted by molar-refractivity contribution is 0.602. The summed E-state index contributed by atoms with van der Waals surface area (Å²) >= 11 is 0. The molecule has 0 atom stereocenters. The van der Waals surface area contributed by atoms with Gasteiger partial charge in [0.15, 0.2) is 0 Å². The van der Waals surface area contributed by atoms with Gasteiger partial charge in [-0.05, 0) is 42.8 Å². The van der Waals surface area contributed by atoms with E-state index in [1.54, 1.807) is 18.2 Å². The Morgan fingerprint density at radius 1 is 1.16 bits per heavy atom. The molecule has 6 heteroatoms. The van der Waals surface area contributed by atoms with Crippen LogP contribution in [0.5, 0.6) is 0 Å². The fraction of sp³-hybridized carbons (Fsp3) is 0.0769. The minimum atomic E-state index is -3.72. The second-order valence-corrected chi connectivity index (χ2v) is 5.89.